The number of hydrogen-bond donors (Lipinski definition) is 1. The Morgan fingerprint density at radius 2 is 1.80 bits per heavy atom. The summed E-state index contributed by atoms with van der Waals surface area (Å²) in [6.45, 7) is 5.42. The van der Waals surface area contributed by atoms with Crippen LogP contribution >= 0.6 is 23.4 Å². The second-order valence-corrected chi connectivity index (χ2v) is 10.4. The van der Waals surface area contributed by atoms with Crippen molar-refractivity contribution in [3.8, 4) is 0 Å². The molecule has 0 radical (unpaired) electrons. The zero-order chi connectivity index (χ0) is 21.6. The van der Waals surface area contributed by atoms with Crippen molar-refractivity contribution < 1.29 is 13.2 Å². The number of hydrogen-bond acceptors (Lipinski definition) is 5. The van der Waals surface area contributed by atoms with Gasteiger partial charge in [0.05, 0.1) is 10.6 Å². The summed E-state index contributed by atoms with van der Waals surface area (Å²) in [5.74, 6) is 0.807. The number of amides is 1. The van der Waals surface area contributed by atoms with E-state index in [4.69, 9.17) is 11.6 Å². The van der Waals surface area contributed by atoms with Gasteiger partial charge >= 0.3 is 0 Å². The SMILES string of the molecule is CCN1CCN(S(=O)(=O)c2cccc(NC(=O)CSCc3ccc(Cl)cc3)c2)CC1. The number of nitrogens with zero attached hydrogens (tertiary/aromatic N) is 2. The van der Waals surface area contributed by atoms with Gasteiger partial charge in [0.15, 0.2) is 0 Å². The maximum Gasteiger partial charge on any atom is 0.243 e. The van der Waals surface area contributed by atoms with Gasteiger partial charge in [0, 0.05) is 42.6 Å². The van der Waals surface area contributed by atoms with E-state index in [1.807, 2.05) is 24.3 Å². The molecule has 0 atom stereocenters. The molecule has 9 heteroatoms. The molecule has 0 aliphatic carbocycles. The first-order valence-electron chi connectivity index (χ1n) is 9.83. The van der Waals surface area contributed by atoms with Gasteiger partial charge in [-0.2, -0.15) is 4.31 Å². The Morgan fingerprint density at radius 3 is 2.47 bits per heavy atom. The third-order valence-corrected chi connectivity index (χ3v) is 8.10. The Bertz CT molecular complexity index is 960. The number of carbonyl (C=O) groups is 1. The fraction of sp³-hybridized carbons (Fsp3) is 0.381. The van der Waals surface area contributed by atoms with E-state index in [2.05, 4.69) is 17.1 Å². The van der Waals surface area contributed by atoms with Crippen molar-refractivity contribution >= 4 is 45.0 Å². The minimum atomic E-state index is -3.57. The Hall–Kier alpha value is -1.58. The van der Waals surface area contributed by atoms with Crippen LogP contribution in [-0.2, 0) is 20.6 Å². The van der Waals surface area contributed by atoms with E-state index in [0.29, 0.717) is 29.6 Å². The molecule has 1 fully saturated rings. The number of sulfonamides is 1. The van der Waals surface area contributed by atoms with Crippen LogP contribution in [0, 0.1) is 0 Å². The Balaban J connectivity index is 1.55. The molecule has 0 saturated carbocycles. The van der Waals surface area contributed by atoms with Crippen molar-refractivity contribution in [1.29, 1.82) is 0 Å². The number of carbonyl (C=O) groups excluding carboxylic acids is 1. The number of anilines is 1. The van der Waals surface area contributed by atoms with Gasteiger partial charge in [-0.3, -0.25) is 4.79 Å². The second kappa shape index (κ2) is 10.6. The average Bonchev–Trinajstić information content (AvgIpc) is 2.75. The summed E-state index contributed by atoms with van der Waals surface area (Å²) in [6, 6.07) is 14.0. The molecule has 1 heterocycles. The van der Waals surface area contributed by atoms with Gasteiger partial charge in [-0.05, 0) is 42.4 Å². The van der Waals surface area contributed by atoms with Crippen LogP contribution in [0.25, 0.3) is 0 Å². The highest BCUT2D eigenvalue weighted by atomic mass is 35.5. The van der Waals surface area contributed by atoms with E-state index < -0.39 is 10.0 Å². The van der Waals surface area contributed by atoms with Gasteiger partial charge in [-0.15, -0.1) is 11.8 Å². The maximum absolute atomic E-state index is 13.0. The van der Waals surface area contributed by atoms with Crippen LogP contribution < -0.4 is 5.32 Å². The molecule has 0 unspecified atom stereocenters. The van der Waals surface area contributed by atoms with E-state index in [1.54, 1.807) is 18.2 Å². The van der Waals surface area contributed by atoms with Crippen molar-refractivity contribution in [1.82, 2.24) is 9.21 Å². The van der Waals surface area contributed by atoms with Crippen LogP contribution in [-0.4, -0.2) is 62.0 Å². The molecule has 6 nitrogen and oxygen atoms in total. The molecule has 30 heavy (non-hydrogen) atoms. The summed E-state index contributed by atoms with van der Waals surface area (Å²) in [4.78, 5) is 14.7. The first kappa shape index (κ1) is 23.1. The van der Waals surface area contributed by atoms with Gasteiger partial charge in [0.25, 0.3) is 0 Å². The van der Waals surface area contributed by atoms with Crippen molar-refractivity contribution in [3.63, 3.8) is 0 Å². The number of benzene rings is 2. The third-order valence-electron chi connectivity index (χ3n) is 4.95. The number of piperazine rings is 1. The molecule has 1 N–H and O–H groups in total. The molecule has 1 aliphatic heterocycles. The quantitative estimate of drug-likeness (QED) is 0.643. The van der Waals surface area contributed by atoms with Gasteiger partial charge < -0.3 is 10.2 Å². The molecule has 0 spiro atoms. The van der Waals surface area contributed by atoms with Crippen LogP contribution in [0.2, 0.25) is 5.02 Å². The predicted molar refractivity (Wildman–Crippen MR) is 124 cm³/mol. The van der Waals surface area contributed by atoms with Crippen LogP contribution in [0.4, 0.5) is 5.69 Å². The van der Waals surface area contributed by atoms with Crippen molar-refractivity contribution in [2.45, 2.75) is 17.6 Å². The van der Waals surface area contributed by atoms with Gasteiger partial charge in [0.1, 0.15) is 0 Å². The number of rotatable bonds is 8. The van der Waals surface area contributed by atoms with E-state index in [9.17, 15) is 13.2 Å². The molecule has 162 valence electrons. The molecule has 0 bridgehead atoms. The van der Waals surface area contributed by atoms with Crippen molar-refractivity contribution in [2.75, 3.05) is 43.8 Å². The number of nitrogens with one attached hydrogen (secondary N) is 1. The lowest BCUT2D eigenvalue weighted by atomic mass is 10.2. The average molecular weight is 468 g/mol. The van der Waals surface area contributed by atoms with Gasteiger partial charge in [-0.1, -0.05) is 36.7 Å². The Morgan fingerprint density at radius 1 is 1.10 bits per heavy atom. The Kier molecular flexibility index (Phi) is 8.19. The molecule has 3 rings (SSSR count). The van der Waals surface area contributed by atoms with E-state index in [1.165, 1.54) is 22.1 Å². The highest BCUT2D eigenvalue weighted by Crippen LogP contribution is 2.21. The van der Waals surface area contributed by atoms with E-state index in [-0.39, 0.29) is 16.6 Å². The zero-order valence-electron chi connectivity index (χ0n) is 16.9. The largest absolute Gasteiger partial charge is 0.325 e. The fourth-order valence-electron chi connectivity index (χ4n) is 3.21. The van der Waals surface area contributed by atoms with Gasteiger partial charge in [-0.25, -0.2) is 8.42 Å². The number of thioether (sulfide) groups is 1. The smallest absolute Gasteiger partial charge is 0.243 e. The minimum Gasteiger partial charge on any atom is -0.325 e. The fourth-order valence-corrected chi connectivity index (χ4v) is 5.59. The first-order valence-corrected chi connectivity index (χ1v) is 12.8. The summed E-state index contributed by atoms with van der Waals surface area (Å²) < 4.78 is 27.4. The van der Waals surface area contributed by atoms with Crippen LogP contribution in [0.15, 0.2) is 53.4 Å². The summed E-state index contributed by atoms with van der Waals surface area (Å²) in [6.07, 6.45) is 0. The molecular weight excluding hydrogens is 442 g/mol. The van der Waals surface area contributed by atoms with Crippen LogP contribution in [0.1, 0.15) is 12.5 Å². The minimum absolute atomic E-state index is 0.167. The van der Waals surface area contributed by atoms with Gasteiger partial charge in [0.2, 0.25) is 15.9 Å². The standard InChI is InChI=1S/C21H26ClN3O3S2/c1-2-24-10-12-25(13-11-24)30(27,28)20-5-3-4-19(14-20)23-21(26)16-29-15-17-6-8-18(22)9-7-17/h3-9,14H,2,10-13,15-16H2,1H3,(H,23,26). The maximum atomic E-state index is 13.0. The lowest BCUT2D eigenvalue weighted by Crippen LogP contribution is -2.48. The number of halogens is 1. The zero-order valence-corrected chi connectivity index (χ0v) is 19.3. The third kappa shape index (κ3) is 6.21. The van der Waals surface area contributed by atoms with Crippen LogP contribution in [0.3, 0.4) is 0 Å². The summed E-state index contributed by atoms with van der Waals surface area (Å²) in [7, 11) is -3.57. The molecule has 0 aromatic heterocycles. The normalized spacial score (nSPS) is 15.8. The molecular formula is C21H26ClN3O3S2. The van der Waals surface area contributed by atoms with Crippen molar-refractivity contribution in [3.05, 3.63) is 59.1 Å². The summed E-state index contributed by atoms with van der Waals surface area (Å²) in [5, 5.41) is 3.48. The first-order chi connectivity index (χ1) is 14.4. The molecule has 1 saturated heterocycles. The lowest BCUT2D eigenvalue weighted by molar-refractivity contribution is -0.113. The van der Waals surface area contributed by atoms with Crippen molar-refractivity contribution in [2.24, 2.45) is 0 Å². The number of likely N-dealkylation sites (N-methyl/N-ethyl adjacent to an activating group) is 1. The monoisotopic (exact) mass is 467 g/mol. The highest BCUT2D eigenvalue weighted by Gasteiger charge is 2.28. The van der Waals surface area contributed by atoms with E-state index >= 15 is 0 Å². The highest BCUT2D eigenvalue weighted by molar-refractivity contribution is 7.99. The molecule has 1 aliphatic rings. The molecule has 1 amide bonds. The lowest BCUT2D eigenvalue weighted by Gasteiger charge is -2.33. The Labute approximate surface area is 187 Å². The predicted octanol–water partition coefficient (Wildman–Crippen LogP) is 3.54. The topological polar surface area (TPSA) is 69.7 Å². The molecule has 2 aromatic carbocycles. The second-order valence-electron chi connectivity index (χ2n) is 7.03. The van der Waals surface area contributed by atoms with E-state index in [0.717, 1.165) is 25.2 Å². The molecule has 2 aromatic rings. The summed E-state index contributed by atoms with van der Waals surface area (Å²) >= 11 is 7.36. The van der Waals surface area contributed by atoms with Crippen LogP contribution in [0.5, 0.6) is 0 Å². The summed E-state index contributed by atoms with van der Waals surface area (Å²) in [5.41, 5.74) is 1.58.